The van der Waals surface area contributed by atoms with Crippen molar-refractivity contribution in [2.75, 3.05) is 28.3 Å². The predicted octanol–water partition coefficient (Wildman–Crippen LogP) is 4.93. The van der Waals surface area contributed by atoms with Crippen molar-refractivity contribution in [3.63, 3.8) is 0 Å². The Balaban J connectivity index is 2.38. The minimum Gasteiger partial charge on any atom is -0.493 e. The summed E-state index contributed by atoms with van der Waals surface area (Å²) in [7, 11) is 6.69. The fourth-order valence-corrected chi connectivity index (χ4v) is 2.56. The van der Waals surface area contributed by atoms with Crippen LogP contribution in [0.4, 0.5) is 0 Å². The average Bonchev–Trinajstić information content (AvgIpc) is 2.68. The second kappa shape index (κ2) is 9.83. The van der Waals surface area contributed by atoms with Crippen LogP contribution in [0.3, 0.4) is 0 Å². The summed E-state index contributed by atoms with van der Waals surface area (Å²) in [6, 6.07) is 13.3. The van der Waals surface area contributed by atoms with Crippen molar-refractivity contribution in [3.05, 3.63) is 70.8 Å². The Hall–Kier alpha value is -2.72. The van der Waals surface area contributed by atoms with Gasteiger partial charge in [-0.05, 0) is 41.0 Å². The summed E-state index contributed by atoms with van der Waals surface area (Å²) >= 11 is 5.94. The zero-order chi connectivity index (χ0) is 19.8. The molecule has 0 atom stereocenters. The second-order valence-electron chi connectivity index (χ2n) is 6.11. The van der Waals surface area contributed by atoms with Gasteiger partial charge in [0, 0.05) is 25.5 Å². The van der Waals surface area contributed by atoms with E-state index < -0.39 is 0 Å². The van der Waals surface area contributed by atoms with Gasteiger partial charge < -0.3 is 14.4 Å². The lowest BCUT2D eigenvalue weighted by Gasteiger charge is -2.12. The van der Waals surface area contributed by atoms with Crippen LogP contribution in [0.1, 0.15) is 17.5 Å². The summed E-state index contributed by atoms with van der Waals surface area (Å²) in [6.07, 6.45) is 6.18. The maximum absolute atomic E-state index is 12.0. The van der Waals surface area contributed by atoms with E-state index in [9.17, 15) is 4.79 Å². The third-order valence-electron chi connectivity index (χ3n) is 4.04. The molecule has 0 aliphatic heterocycles. The number of methoxy groups -OCH3 is 2. The summed E-state index contributed by atoms with van der Waals surface area (Å²) in [4.78, 5) is 13.6. The van der Waals surface area contributed by atoms with Crippen molar-refractivity contribution in [3.8, 4) is 11.5 Å². The summed E-state index contributed by atoms with van der Waals surface area (Å²) in [5.74, 6) is 1.33. The van der Waals surface area contributed by atoms with E-state index in [0.717, 1.165) is 16.7 Å². The molecule has 142 valence electrons. The Bertz CT molecular complexity index is 839. The number of allylic oxidation sites excluding steroid dienone is 2. The third kappa shape index (κ3) is 5.90. The molecule has 0 N–H and O–H groups in total. The monoisotopic (exact) mass is 385 g/mol. The average molecular weight is 386 g/mol. The van der Waals surface area contributed by atoms with E-state index in [1.807, 2.05) is 60.7 Å². The van der Waals surface area contributed by atoms with Crippen molar-refractivity contribution in [2.45, 2.75) is 6.42 Å². The summed E-state index contributed by atoms with van der Waals surface area (Å²) in [5, 5.41) is 0.694. The zero-order valence-corrected chi connectivity index (χ0v) is 16.8. The lowest BCUT2D eigenvalue weighted by atomic mass is 10.0. The smallest absolute Gasteiger partial charge is 0.225 e. The molecular formula is C22H24ClNO3. The topological polar surface area (TPSA) is 38.8 Å². The van der Waals surface area contributed by atoms with Crippen molar-refractivity contribution >= 4 is 29.2 Å². The first-order chi connectivity index (χ1) is 12.9. The van der Waals surface area contributed by atoms with Crippen LogP contribution in [-0.4, -0.2) is 39.1 Å². The largest absolute Gasteiger partial charge is 0.493 e. The molecule has 5 heteroatoms. The van der Waals surface area contributed by atoms with E-state index in [2.05, 4.69) is 0 Å². The Morgan fingerprint density at radius 2 is 1.70 bits per heavy atom. The highest BCUT2D eigenvalue weighted by Crippen LogP contribution is 2.31. The predicted molar refractivity (Wildman–Crippen MR) is 111 cm³/mol. The minimum absolute atomic E-state index is 0.0351. The molecule has 0 aliphatic rings. The highest BCUT2D eigenvalue weighted by atomic mass is 35.5. The van der Waals surface area contributed by atoms with Gasteiger partial charge >= 0.3 is 0 Å². The van der Waals surface area contributed by atoms with E-state index >= 15 is 0 Å². The molecule has 0 radical (unpaired) electrons. The molecule has 0 spiro atoms. The van der Waals surface area contributed by atoms with Gasteiger partial charge in [-0.1, -0.05) is 48.0 Å². The SMILES string of the molecule is COc1ccc(C(C=Cc2ccc(Cl)cc2)=CCC(=O)N(C)C)cc1OC. The molecule has 0 saturated carbocycles. The van der Waals surface area contributed by atoms with Gasteiger partial charge in [0.15, 0.2) is 11.5 Å². The Morgan fingerprint density at radius 3 is 2.30 bits per heavy atom. The first-order valence-corrected chi connectivity index (χ1v) is 8.88. The van der Waals surface area contributed by atoms with Gasteiger partial charge in [-0.15, -0.1) is 0 Å². The number of hydrogen-bond acceptors (Lipinski definition) is 3. The van der Waals surface area contributed by atoms with Gasteiger partial charge in [0.2, 0.25) is 5.91 Å². The molecule has 0 unspecified atom stereocenters. The van der Waals surface area contributed by atoms with Crippen molar-refractivity contribution in [2.24, 2.45) is 0 Å². The molecule has 0 saturated heterocycles. The van der Waals surface area contributed by atoms with Gasteiger partial charge in [0.1, 0.15) is 0 Å². The van der Waals surface area contributed by atoms with Crippen LogP contribution in [0.2, 0.25) is 5.02 Å². The highest BCUT2D eigenvalue weighted by Gasteiger charge is 2.08. The van der Waals surface area contributed by atoms with E-state index in [1.165, 1.54) is 0 Å². The number of carbonyl (C=O) groups is 1. The Labute approximate surface area is 165 Å². The lowest BCUT2D eigenvalue weighted by Crippen LogP contribution is -2.20. The number of amides is 1. The molecule has 2 rings (SSSR count). The standard InChI is InChI=1S/C22H24ClNO3/c1-24(2)22(25)14-10-17(8-5-16-6-11-19(23)12-7-16)18-9-13-20(26-3)21(15-18)27-4/h5-13,15H,14H2,1-4H3. The fraction of sp³-hybridized carbons (Fsp3) is 0.227. The maximum Gasteiger partial charge on any atom is 0.225 e. The van der Waals surface area contributed by atoms with E-state index in [1.54, 1.807) is 33.2 Å². The van der Waals surface area contributed by atoms with Crippen LogP contribution in [0.15, 0.2) is 54.6 Å². The van der Waals surface area contributed by atoms with E-state index in [4.69, 9.17) is 21.1 Å². The Kier molecular flexibility index (Phi) is 7.50. The maximum atomic E-state index is 12.0. The van der Waals surface area contributed by atoms with Crippen LogP contribution in [0, 0.1) is 0 Å². The van der Waals surface area contributed by atoms with Gasteiger partial charge in [-0.25, -0.2) is 0 Å². The van der Waals surface area contributed by atoms with E-state index in [-0.39, 0.29) is 5.91 Å². The van der Waals surface area contributed by atoms with Gasteiger partial charge in [0.05, 0.1) is 14.2 Å². The second-order valence-corrected chi connectivity index (χ2v) is 6.54. The molecule has 4 nitrogen and oxygen atoms in total. The molecule has 0 aromatic heterocycles. The van der Waals surface area contributed by atoms with Gasteiger partial charge in [-0.3, -0.25) is 4.79 Å². The number of rotatable bonds is 7. The van der Waals surface area contributed by atoms with Crippen LogP contribution >= 0.6 is 11.6 Å². The van der Waals surface area contributed by atoms with Crippen LogP contribution in [0.5, 0.6) is 11.5 Å². The molecule has 2 aromatic carbocycles. The van der Waals surface area contributed by atoms with Crippen molar-refractivity contribution in [1.82, 2.24) is 4.90 Å². The summed E-state index contributed by atoms with van der Waals surface area (Å²) < 4.78 is 10.7. The first-order valence-electron chi connectivity index (χ1n) is 8.51. The molecule has 27 heavy (non-hydrogen) atoms. The normalized spacial score (nSPS) is 11.5. The molecule has 0 aliphatic carbocycles. The van der Waals surface area contributed by atoms with Gasteiger partial charge in [-0.2, -0.15) is 0 Å². The van der Waals surface area contributed by atoms with Crippen LogP contribution in [-0.2, 0) is 4.79 Å². The number of halogens is 1. The van der Waals surface area contributed by atoms with Crippen molar-refractivity contribution < 1.29 is 14.3 Å². The van der Waals surface area contributed by atoms with Crippen LogP contribution in [0.25, 0.3) is 11.6 Å². The zero-order valence-electron chi connectivity index (χ0n) is 16.0. The molecular weight excluding hydrogens is 362 g/mol. The molecule has 2 aromatic rings. The highest BCUT2D eigenvalue weighted by molar-refractivity contribution is 6.30. The molecule has 0 fully saturated rings. The van der Waals surface area contributed by atoms with Crippen molar-refractivity contribution in [1.29, 1.82) is 0 Å². The number of ether oxygens (including phenoxy) is 2. The quantitative estimate of drug-likeness (QED) is 0.634. The molecule has 0 heterocycles. The summed E-state index contributed by atoms with van der Waals surface area (Å²) in [6.45, 7) is 0. The third-order valence-corrected chi connectivity index (χ3v) is 4.29. The first kappa shape index (κ1) is 20.6. The Morgan fingerprint density at radius 1 is 1.04 bits per heavy atom. The van der Waals surface area contributed by atoms with Gasteiger partial charge in [0.25, 0.3) is 0 Å². The number of carbonyl (C=O) groups excluding carboxylic acids is 1. The number of nitrogens with zero attached hydrogens (tertiary/aromatic N) is 1. The molecule has 0 bridgehead atoms. The fourth-order valence-electron chi connectivity index (χ4n) is 2.44. The summed E-state index contributed by atoms with van der Waals surface area (Å²) in [5.41, 5.74) is 2.87. The lowest BCUT2D eigenvalue weighted by molar-refractivity contribution is -0.127. The number of hydrogen-bond donors (Lipinski definition) is 0. The van der Waals surface area contributed by atoms with Crippen LogP contribution < -0.4 is 9.47 Å². The van der Waals surface area contributed by atoms with E-state index in [0.29, 0.717) is 22.9 Å². The number of benzene rings is 2. The molecule has 1 amide bonds. The minimum atomic E-state index is 0.0351.